The van der Waals surface area contributed by atoms with Crippen LogP contribution in [0.25, 0.3) is 0 Å². The van der Waals surface area contributed by atoms with E-state index in [-0.39, 0.29) is 18.4 Å². The van der Waals surface area contributed by atoms with Gasteiger partial charge in [0.15, 0.2) is 18.1 Å². The molecule has 0 aliphatic carbocycles. The first-order valence-corrected chi connectivity index (χ1v) is 12.0. The second-order valence-electron chi connectivity index (χ2n) is 8.65. The van der Waals surface area contributed by atoms with Crippen LogP contribution in [0.3, 0.4) is 0 Å². The first-order valence-electron chi connectivity index (χ1n) is 12.0. The van der Waals surface area contributed by atoms with Crippen molar-refractivity contribution in [3.63, 3.8) is 0 Å². The zero-order valence-corrected chi connectivity index (χ0v) is 21.3. The van der Waals surface area contributed by atoms with E-state index in [0.717, 1.165) is 24.0 Å². The minimum absolute atomic E-state index is 0.178. The molecule has 2 amide bonds. The molecule has 0 aliphatic rings. The highest BCUT2D eigenvalue weighted by molar-refractivity contribution is 5.89. The van der Waals surface area contributed by atoms with E-state index in [0.29, 0.717) is 30.3 Å². The summed E-state index contributed by atoms with van der Waals surface area (Å²) in [4.78, 5) is 25.2. The van der Waals surface area contributed by atoms with Crippen molar-refractivity contribution >= 4 is 18.0 Å². The van der Waals surface area contributed by atoms with Crippen molar-refractivity contribution < 1.29 is 23.8 Å². The van der Waals surface area contributed by atoms with Crippen LogP contribution in [0.2, 0.25) is 0 Å². The fourth-order valence-electron chi connectivity index (χ4n) is 3.26. The molecule has 35 heavy (non-hydrogen) atoms. The zero-order valence-electron chi connectivity index (χ0n) is 21.3. The Hall–Kier alpha value is -3.55. The van der Waals surface area contributed by atoms with Gasteiger partial charge in [-0.25, -0.2) is 5.43 Å². The number of carbonyl (C=O) groups excluding carboxylic acids is 2. The molecule has 0 saturated heterocycles. The van der Waals surface area contributed by atoms with Crippen LogP contribution < -0.4 is 25.0 Å². The van der Waals surface area contributed by atoms with E-state index in [1.807, 2.05) is 51.1 Å². The smallest absolute Gasteiger partial charge is 0.262 e. The minimum atomic E-state index is -0.732. The molecular formula is C27H37N3O5. The van der Waals surface area contributed by atoms with Gasteiger partial charge in [0.1, 0.15) is 11.8 Å². The van der Waals surface area contributed by atoms with Gasteiger partial charge in [-0.15, -0.1) is 0 Å². The summed E-state index contributed by atoms with van der Waals surface area (Å²) >= 11 is 0. The number of nitrogens with zero attached hydrogens (tertiary/aromatic N) is 1. The highest BCUT2D eigenvalue weighted by Crippen LogP contribution is 2.27. The largest absolute Gasteiger partial charge is 0.493 e. The zero-order chi connectivity index (χ0) is 25.6. The number of nitrogens with one attached hydrogen (secondary N) is 2. The molecule has 0 bridgehead atoms. The van der Waals surface area contributed by atoms with Gasteiger partial charge >= 0.3 is 0 Å². The van der Waals surface area contributed by atoms with E-state index in [2.05, 4.69) is 22.8 Å². The van der Waals surface area contributed by atoms with Crippen LogP contribution in [0, 0.1) is 12.8 Å². The van der Waals surface area contributed by atoms with Crippen molar-refractivity contribution in [2.75, 3.05) is 20.3 Å². The van der Waals surface area contributed by atoms with E-state index >= 15 is 0 Å². The molecular weight excluding hydrogens is 446 g/mol. The predicted octanol–water partition coefficient (Wildman–Crippen LogP) is 4.24. The first-order chi connectivity index (χ1) is 16.8. The normalized spacial score (nSPS) is 11.8. The molecule has 2 N–H and O–H groups in total. The number of aryl methyl sites for hydroxylation is 1. The second-order valence-corrected chi connectivity index (χ2v) is 8.65. The molecule has 190 valence electrons. The number of hydrazone groups is 1. The Morgan fingerprint density at radius 3 is 2.51 bits per heavy atom. The van der Waals surface area contributed by atoms with Crippen LogP contribution in [-0.2, 0) is 9.59 Å². The minimum Gasteiger partial charge on any atom is -0.493 e. The molecule has 0 unspecified atom stereocenters. The molecule has 2 aromatic rings. The maximum atomic E-state index is 12.7. The van der Waals surface area contributed by atoms with Gasteiger partial charge in [-0.2, -0.15) is 5.10 Å². The summed E-state index contributed by atoms with van der Waals surface area (Å²) in [7, 11) is 1.58. The Balaban J connectivity index is 1.95. The molecule has 0 radical (unpaired) electrons. The van der Waals surface area contributed by atoms with E-state index in [1.54, 1.807) is 19.2 Å². The van der Waals surface area contributed by atoms with Crippen LogP contribution in [0.4, 0.5) is 0 Å². The maximum Gasteiger partial charge on any atom is 0.262 e. The Kier molecular flexibility index (Phi) is 11.6. The Morgan fingerprint density at radius 2 is 1.83 bits per heavy atom. The fourth-order valence-corrected chi connectivity index (χ4v) is 3.26. The van der Waals surface area contributed by atoms with Crippen LogP contribution >= 0.6 is 0 Å². The molecule has 0 aromatic heterocycles. The van der Waals surface area contributed by atoms with Crippen LogP contribution in [-0.4, -0.2) is 44.4 Å². The monoisotopic (exact) mass is 483 g/mol. The van der Waals surface area contributed by atoms with Gasteiger partial charge in [0.25, 0.3) is 11.8 Å². The van der Waals surface area contributed by atoms with E-state index in [1.165, 1.54) is 6.21 Å². The summed E-state index contributed by atoms with van der Waals surface area (Å²) in [5.74, 6) is 1.31. The maximum absolute atomic E-state index is 12.7. The average Bonchev–Trinajstić information content (AvgIpc) is 2.83. The van der Waals surface area contributed by atoms with Gasteiger partial charge in [-0.1, -0.05) is 45.4 Å². The lowest BCUT2D eigenvalue weighted by atomic mass is 10.0. The highest BCUT2D eigenvalue weighted by atomic mass is 16.5. The summed E-state index contributed by atoms with van der Waals surface area (Å²) < 4.78 is 16.7. The number of hydrogen-bond acceptors (Lipinski definition) is 6. The molecule has 2 aromatic carbocycles. The number of amides is 2. The molecule has 0 fully saturated rings. The van der Waals surface area contributed by atoms with Gasteiger partial charge in [0.2, 0.25) is 0 Å². The summed E-state index contributed by atoms with van der Waals surface area (Å²) in [5.41, 5.74) is 4.19. The fraction of sp³-hybridized carbons (Fsp3) is 0.444. The molecule has 8 nitrogen and oxygen atoms in total. The van der Waals surface area contributed by atoms with Crippen molar-refractivity contribution in [1.82, 2.24) is 10.7 Å². The summed E-state index contributed by atoms with van der Waals surface area (Å²) in [6, 6.07) is 12.1. The molecule has 0 spiro atoms. The third-order valence-electron chi connectivity index (χ3n) is 5.14. The van der Waals surface area contributed by atoms with Gasteiger partial charge < -0.3 is 19.5 Å². The Labute approximate surface area is 208 Å². The van der Waals surface area contributed by atoms with Crippen molar-refractivity contribution in [1.29, 1.82) is 0 Å². The molecule has 0 saturated carbocycles. The Morgan fingerprint density at radius 1 is 1.06 bits per heavy atom. The topological polar surface area (TPSA) is 98.2 Å². The summed E-state index contributed by atoms with van der Waals surface area (Å²) in [5, 5.41) is 6.81. The van der Waals surface area contributed by atoms with Crippen molar-refractivity contribution in [3.8, 4) is 17.2 Å². The van der Waals surface area contributed by atoms with Crippen molar-refractivity contribution in [2.24, 2.45) is 11.0 Å². The lowest BCUT2D eigenvalue weighted by molar-refractivity contribution is -0.130. The first kappa shape index (κ1) is 27.7. The lowest BCUT2D eigenvalue weighted by Gasteiger charge is -2.19. The second kappa shape index (κ2) is 14.7. The predicted molar refractivity (Wildman–Crippen MR) is 137 cm³/mol. The molecule has 0 heterocycles. The van der Waals surface area contributed by atoms with E-state index in [9.17, 15) is 9.59 Å². The number of rotatable bonds is 14. The number of para-hydroxylation sites is 1. The van der Waals surface area contributed by atoms with E-state index < -0.39 is 11.9 Å². The number of benzene rings is 2. The SMILES string of the molecule is CCCCOc1ccc(/C=N\NC(=O)[C@@H](CC(C)C)NC(=O)COc2ccccc2C)cc1OC. The standard InChI is InChI=1S/C27H37N3O5/c1-6-7-14-34-24-13-12-21(16-25(24)33-5)17-28-30-27(32)22(15-19(2)3)29-26(31)18-35-23-11-9-8-10-20(23)4/h8-13,16-17,19,22H,6-7,14-15,18H2,1-5H3,(H,29,31)(H,30,32)/b28-17-/t22-/m1/s1. The van der Waals surface area contributed by atoms with Gasteiger partial charge in [-0.05, 0) is 61.1 Å². The average molecular weight is 484 g/mol. The lowest BCUT2D eigenvalue weighted by Crippen LogP contribution is -2.47. The third-order valence-corrected chi connectivity index (χ3v) is 5.14. The quantitative estimate of drug-likeness (QED) is 0.238. The molecule has 8 heteroatoms. The van der Waals surface area contributed by atoms with E-state index in [4.69, 9.17) is 14.2 Å². The molecule has 1 atom stereocenters. The number of methoxy groups -OCH3 is 1. The summed E-state index contributed by atoms with van der Waals surface area (Å²) in [6.07, 6.45) is 4.00. The van der Waals surface area contributed by atoms with Crippen LogP contribution in [0.1, 0.15) is 51.2 Å². The van der Waals surface area contributed by atoms with Gasteiger partial charge in [0, 0.05) is 0 Å². The number of ether oxygens (including phenoxy) is 3. The Bertz CT molecular complexity index is 991. The van der Waals surface area contributed by atoms with Crippen LogP contribution in [0.15, 0.2) is 47.6 Å². The van der Waals surface area contributed by atoms with Gasteiger partial charge in [0.05, 0.1) is 19.9 Å². The van der Waals surface area contributed by atoms with Crippen molar-refractivity contribution in [3.05, 3.63) is 53.6 Å². The summed E-state index contributed by atoms with van der Waals surface area (Å²) in [6.45, 7) is 8.41. The molecule has 2 rings (SSSR count). The number of carbonyl (C=O) groups is 2. The van der Waals surface area contributed by atoms with Gasteiger partial charge in [-0.3, -0.25) is 9.59 Å². The third kappa shape index (κ3) is 9.68. The van der Waals surface area contributed by atoms with Crippen LogP contribution in [0.5, 0.6) is 17.2 Å². The highest BCUT2D eigenvalue weighted by Gasteiger charge is 2.22. The van der Waals surface area contributed by atoms with Crippen molar-refractivity contribution in [2.45, 2.75) is 53.0 Å². The number of hydrogen-bond donors (Lipinski definition) is 2. The number of unbranched alkanes of at least 4 members (excludes halogenated alkanes) is 1. The molecule has 0 aliphatic heterocycles.